The number of aliphatic hydroxyl groups excluding tert-OH is 1. The van der Waals surface area contributed by atoms with Crippen LogP contribution in [0.2, 0.25) is 0 Å². The van der Waals surface area contributed by atoms with E-state index in [1.165, 1.54) is 12.5 Å². The number of benzene rings is 1. The standard InChI is InChI=1S/C15H16F2N4O2/c16-10-1-2-11(17)9(3-10)5-21-6-13(14(22)7-21)20-15(23)12-4-18-8-19-12/h1-4,8,13-14,22H,5-7H2,(H,18,19)(H,20,23)/t13-,14-/m1/s1. The van der Waals surface area contributed by atoms with Gasteiger partial charge in [-0.25, -0.2) is 13.8 Å². The fraction of sp³-hybridized carbons (Fsp3) is 0.333. The molecular formula is C15H16F2N4O2. The average Bonchev–Trinajstić information content (AvgIpc) is 3.14. The molecule has 2 heterocycles. The number of β-amino-alcohol motifs (C(OH)–C–C–N with tert-alkyl or cyclic N) is 1. The number of carbonyl (C=O) groups excluding carboxylic acids is 1. The smallest absolute Gasteiger partial charge is 0.269 e. The molecule has 0 radical (unpaired) electrons. The normalized spacial score (nSPS) is 21.5. The summed E-state index contributed by atoms with van der Waals surface area (Å²) in [5, 5.41) is 12.8. The van der Waals surface area contributed by atoms with E-state index in [0.717, 1.165) is 18.2 Å². The van der Waals surface area contributed by atoms with E-state index in [1.54, 1.807) is 4.90 Å². The van der Waals surface area contributed by atoms with Crippen LogP contribution in [0.4, 0.5) is 8.78 Å². The lowest BCUT2D eigenvalue weighted by Gasteiger charge is -2.16. The van der Waals surface area contributed by atoms with Gasteiger partial charge in [-0.1, -0.05) is 0 Å². The largest absolute Gasteiger partial charge is 0.390 e. The molecule has 0 saturated carbocycles. The summed E-state index contributed by atoms with van der Waals surface area (Å²) in [7, 11) is 0. The lowest BCUT2D eigenvalue weighted by molar-refractivity contribution is 0.0883. The van der Waals surface area contributed by atoms with Crippen molar-refractivity contribution >= 4 is 5.91 Å². The van der Waals surface area contributed by atoms with Crippen molar-refractivity contribution in [3.8, 4) is 0 Å². The molecule has 122 valence electrons. The first-order chi connectivity index (χ1) is 11.0. The number of halogens is 2. The van der Waals surface area contributed by atoms with Crippen molar-refractivity contribution in [1.29, 1.82) is 0 Å². The van der Waals surface area contributed by atoms with E-state index in [1.807, 2.05) is 0 Å². The maximum atomic E-state index is 13.7. The summed E-state index contributed by atoms with van der Waals surface area (Å²) < 4.78 is 26.9. The van der Waals surface area contributed by atoms with Crippen molar-refractivity contribution in [2.45, 2.75) is 18.7 Å². The van der Waals surface area contributed by atoms with Crippen LogP contribution in [0.25, 0.3) is 0 Å². The summed E-state index contributed by atoms with van der Waals surface area (Å²) in [5.74, 6) is -1.37. The summed E-state index contributed by atoms with van der Waals surface area (Å²) in [6, 6.07) is 2.79. The van der Waals surface area contributed by atoms with Gasteiger partial charge in [-0.2, -0.15) is 0 Å². The third-order valence-corrected chi connectivity index (χ3v) is 3.83. The highest BCUT2D eigenvalue weighted by atomic mass is 19.1. The quantitative estimate of drug-likeness (QED) is 0.772. The number of H-pyrrole nitrogens is 1. The number of likely N-dealkylation sites (tertiary alicyclic amines) is 1. The number of imidazole rings is 1. The molecule has 1 aromatic carbocycles. The van der Waals surface area contributed by atoms with E-state index in [9.17, 15) is 18.7 Å². The van der Waals surface area contributed by atoms with Crippen LogP contribution in [-0.4, -0.2) is 51.1 Å². The van der Waals surface area contributed by atoms with E-state index in [0.29, 0.717) is 12.2 Å². The van der Waals surface area contributed by atoms with Crippen molar-refractivity contribution in [3.05, 3.63) is 53.6 Å². The number of nitrogens with one attached hydrogen (secondary N) is 2. The number of rotatable bonds is 4. The topological polar surface area (TPSA) is 81.2 Å². The first-order valence-electron chi connectivity index (χ1n) is 7.16. The number of carbonyl (C=O) groups is 1. The van der Waals surface area contributed by atoms with Crippen LogP contribution in [0.15, 0.2) is 30.7 Å². The lowest BCUT2D eigenvalue weighted by Crippen LogP contribution is -2.42. The third kappa shape index (κ3) is 3.54. The number of hydrogen-bond acceptors (Lipinski definition) is 4. The van der Waals surface area contributed by atoms with Crippen molar-refractivity contribution in [2.24, 2.45) is 0 Å². The second-order valence-corrected chi connectivity index (χ2v) is 5.54. The van der Waals surface area contributed by atoms with Crippen LogP contribution in [-0.2, 0) is 6.54 Å². The molecule has 1 amide bonds. The highest BCUT2D eigenvalue weighted by Gasteiger charge is 2.33. The van der Waals surface area contributed by atoms with Crippen molar-refractivity contribution in [3.63, 3.8) is 0 Å². The van der Waals surface area contributed by atoms with E-state index in [2.05, 4.69) is 15.3 Å². The number of aromatic nitrogens is 2. The van der Waals surface area contributed by atoms with Gasteiger partial charge in [0.1, 0.15) is 17.3 Å². The summed E-state index contributed by atoms with van der Waals surface area (Å²) in [6.45, 7) is 0.776. The predicted molar refractivity (Wildman–Crippen MR) is 77.5 cm³/mol. The maximum Gasteiger partial charge on any atom is 0.269 e. The Bertz CT molecular complexity index is 693. The lowest BCUT2D eigenvalue weighted by atomic mass is 10.2. The highest BCUT2D eigenvalue weighted by Crippen LogP contribution is 2.17. The van der Waals surface area contributed by atoms with Crippen LogP contribution in [0.5, 0.6) is 0 Å². The summed E-state index contributed by atoms with van der Waals surface area (Å²) in [5.41, 5.74) is 0.518. The second-order valence-electron chi connectivity index (χ2n) is 5.54. The summed E-state index contributed by atoms with van der Waals surface area (Å²) in [6.07, 6.45) is 1.99. The van der Waals surface area contributed by atoms with Crippen molar-refractivity contribution in [1.82, 2.24) is 20.2 Å². The Labute approximate surface area is 131 Å². The Balaban J connectivity index is 1.62. The van der Waals surface area contributed by atoms with Crippen LogP contribution < -0.4 is 5.32 Å². The third-order valence-electron chi connectivity index (χ3n) is 3.83. The minimum Gasteiger partial charge on any atom is -0.390 e. The van der Waals surface area contributed by atoms with Crippen LogP contribution in [0.1, 0.15) is 16.1 Å². The van der Waals surface area contributed by atoms with Gasteiger partial charge in [0.2, 0.25) is 0 Å². The molecule has 23 heavy (non-hydrogen) atoms. The number of aliphatic hydroxyl groups is 1. The van der Waals surface area contributed by atoms with Gasteiger partial charge in [0, 0.05) is 25.2 Å². The molecule has 0 bridgehead atoms. The SMILES string of the molecule is O=C(N[C@@H]1CN(Cc2cc(F)ccc2F)C[C@H]1O)c1cnc[nH]1. The van der Waals surface area contributed by atoms with Gasteiger partial charge in [-0.05, 0) is 18.2 Å². The number of amides is 1. The van der Waals surface area contributed by atoms with Gasteiger partial charge < -0.3 is 15.4 Å². The predicted octanol–water partition coefficient (Wildman–Crippen LogP) is 0.663. The first-order valence-corrected chi connectivity index (χ1v) is 7.16. The van der Waals surface area contributed by atoms with Crippen LogP contribution >= 0.6 is 0 Å². The molecule has 6 nitrogen and oxygen atoms in total. The molecule has 0 spiro atoms. The Morgan fingerprint density at radius 1 is 1.43 bits per heavy atom. The zero-order valence-corrected chi connectivity index (χ0v) is 12.2. The fourth-order valence-corrected chi connectivity index (χ4v) is 2.67. The maximum absolute atomic E-state index is 13.7. The summed E-state index contributed by atoms with van der Waals surface area (Å²) in [4.78, 5) is 20.2. The Morgan fingerprint density at radius 3 is 3.00 bits per heavy atom. The molecule has 2 atom stereocenters. The minimum atomic E-state index is -0.779. The molecule has 1 aliphatic heterocycles. The zero-order valence-electron chi connectivity index (χ0n) is 12.2. The van der Waals surface area contributed by atoms with Gasteiger partial charge >= 0.3 is 0 Å². The van der Waals surface area contributed by atoms with E-state index in [-0.39, 0.29) is 24.6 Å². The minimum absolute atomic E-state index is 0.164. The molecule has 1 saturated heterocycles. The first kappa shape index (κ1) is 15.6. The molecule has 1 aliphatic rings. The van der Waals surface area contributed by atoms with E-state index in [4.69, 9.17) is 0 Å². The molecule has 1 fully saturated rings. The summed E-state index contributed by atoms with van der Waals surface area (Å²) >= 11 is 0. The Kier molecular flexibility index (Phi) is 4.35. The molecule has 0 aliphatic carbocycles. The molecule has 3 rings (SSSR count). The number of aromatic amines is 1. The van der Waals surface area contributed by atoms with Gasteiger partial charge in [0.05, 0.1) is 24.7 Å². The molecule has 0 unspecified atom stereocenters. The molecule has 3 N–H and O–H groups in total. The highest BCUT2D eigenvalue weighted by molar-refractivity contribution is 5.92. The molecule has 2 aromatic rings. The van der Waals surface area contributed by atoms with Gasteiger partial charge in [-0.3, -0.25) is 9.69 Å². The zero-order chi connectivity index (χ0) is 16.4. The molecular weight excluding hydrogens is 306 g/mol. The van der Waals surface area contributed by atoms with Crippen molar-refractivity contribution in [2.75, 3.05) is 13.1 Å². The van der Waals surface area contributed by atoms with Crippen LogP contribution in [0.3, 0.4) is 0 Å². The van der Waals surface area contributed by atoms with Gasteiger partial charge in [-0.15, -0.1) is 0 Å². The fourth-order valence-electron chi connectivity index (χ4n) is 2.67. The van der Waals surface area contributed by atoms with E-state index < -0.39 is 23.8 Å². The van der Waals surface area contributed by atoms with Gasteiger partial charge in [0.25, 0.3) is 5.91 Å². The number of nitrogens with zero attached hydrogens (tertiary/aromatic N) is 2. The van der Waals surface area contributed by atoms with Crippen molar-refractivity contribution < 1.29 is 18.7 Å². The Hall–Kier alpha value is -2.32. The van der Waals surface area contributed by atoms with E-state index >= 15 is 0 Å². The Morgan fingerprint density at radius 2 is 2.26 bits per heavy atom. The number of hydrogen-bond donors (Lipinski definition) is 3. The second kappa shape index (κ2) is 6.43. The molecule has 1 aromatic heterocycles. The average molecular weight is 322 g/mol. The van der Waals surface area contributed by atoms with Crippen LogP contribution in [0, 0.1) is 11.6 Å². The molecule has 8 heteroatoms. The monoisotopic (exact) mass is 322 g/mol. The van der Waals surface area contributed by atoms with Gasteiger partial charge in [0.15, 0.2) is 0 Å².